The first-order valence-electron chi connectivity index (χ1n) is 9.84. The van der Waals surface area contributed by atoms with E-state index in [9.17, 15) is 18.4 Å². The maximum absolute atomic E-state index is 13.3. The summed E-state index contributed by atoms with van der Waals surface area (Å²) >= 11 is 0. The van der Waals surface area contributed by atoms with Crippen LogP contribution in [0.2, 0.25) is 0 Å². The van der Waals surface area contributed by atoms with Gasteiger partial charge in [0.1, 0.15) is 11.5 Å². The van der Waals surface area contributed by atoms with E-state index in [0.717, 1.165) is 17.7 Å². The number of carbonyl (C=O) groups excluding carboxylic acids is 2. The molecule has 0 radical (unpaired) electrons. The molecule has 0 aliphatic carbocycles. The fraction of sp³-hybridized carbons (Fsp3) is 0.364. The lowest BCUT2D eigenvalue weighted by molar-refractivity contribution is -0.134. The van der Waals surface area contributed by atoms with Crippen LogP contribution >= 0.6 is 0 Å². The molecule has 1 atom stereocenters. The molecular formula is C22H25F2N3O4. The van der Waals surface area contributed by atoms with E-state index in [0.29, 0.717) is 36.7 Å². The van der Waals surface area contributed by atoms with Crippen LogP contribution in [0.1, 0.15) is 17.5 Å². The van der Waals surface area contributed by atoms with E-state index in [1.54, 1.807) is 20.3 Å². The summed E-state index contributed by atoms with van der Waals surface area (Å²) in [6.45, 7) is 1.53. The highest BCUT2D eigenvalue weighted by molar-refractivity contribution is 5.88. The summed E-state index contributed by atoms with van der Waals surface area (Å²) in [5.41, 5.74) is 1.32. The molecule has 2 aromatic rings. The van der Waals surface area contributed by atoms with E-state index in [4.69, 9.17) is 9.47 Å². The smallest absolute Gasteiger partial charge is 0.237 e. The number of ether oxygens (including phenoxy) is 2. The van der Waals surface area contributed by atoms with Gasteiger partial charge in [-0.15, -0.1) is 0 Å². The molecule has 1 saturated heterocycles. The van der Waals surface area contributed by atoms with Gasteiger partial charge < -0.3 is 20.1 Å². The van der Waals surface area contributed by atoms with Crippen molar-refractivity contribution in [2.45, 2.75) is 25.6 Å². The second-order valence-corrected chi connectivity index (χ2v) is 7.23. The second-order valence-electron chi connectivity index (χ2n) is 7.23. The van der Waals surface area contributed by atoms with Gasteiger partial charge in [-0.2, -0.15) is 0 Å². The highest BCUT2D eigenvalue weighted by Crippen LogP contribution is 2.24. The lowest BCUT2D eigenvalue weighted by Gasteiger charge is -2.34. The summed E-state index contributed by atoms with van der Waals surface area (Å²) in [7, 11) is 3.13. The molecule has 3 rings (SSSR count). The molecule has 2 amide bonds. The minimum absolute atomic E-state index is 0.0391. The highest BCUT2D eigenvalue weighted by Gasteiger charge is 2.31. The van der Waals surface area contributed by atoms with Crippen LogP contribution in [0.5, 0.6) is 11.5 Å². The molecule has 7 nitrogen and oxygen atoms in total. The molecule has 31 heavy (non-hydrogen) atoms. The van der Waals surface area contributed by atoms with Gasteiger partial charge in [0.2, 0.25) is 11.8 Å². The SMILES string of the molecule is COc1cc(CN2CCNC(=O)C2CC(=O)NCc2ccc(F)c(F)c2)cc(OC)c1. The van der Waals surface area contributed by atoms with E-state index in [1.165, 1.54) is 6.07 Å². The Hall–Kier alpha value is -3.20. The van der Waals surface area contributed by atoms with Crippen LogP contribution in [-0.2, 0) is 22.7 Å². The fourth-order valence-corrected chi connectivity index (χ4v) is 3.46. The number of rotatable bonds is 8. The van der Waals surface area contributed by atoms with Crippen molar-refractivity contribution in [3.05, 3.63) is 59.2 Å². The molecule has 166 valence electrons. The number of benzene rings is 2. The Kier molecular flexibility index (Phi) is 7.41. The minimum Gasteiger partial charge on any atom is -0.497 e. The fourth-order valence-electron chi connectivity index (χ4n) is 3.46. The molecular weight excluding hydrogens is 408 g/mol. The van der Waals surface area contributed by atoms with Gasteiger partial charge >= 0.3 is 0 Å². The van der Waals surface area contributed by atoms with Crippen molar-refractivity contribution in [1.82, 2.24) is 15.5 Å². The molecule has 0 spiro atoms. The summed E-state index contributed by atoms with van der Waals surface area (Å²) in [5.74, 6) is -1.24. The maximum Gasteiger partial charge on any atom is 0.237 e. The van der Waals surface area contributed by atoms with Crippen molar-refractivity contribution < 1.29 is 27.8 Å². The Balaban J connectivity index is 1.65. The van der Waals surface area contributed by atoms with Gasteiger partial charge in [0.25, 0.3) is 0 Å². The number of hydrogen-bond donors (Lipinski definition) is 2. The summed E-state index contributed by atoms with van der Waals surface area (Å²) < 4.78 is 37.0. The summed E-state index contributed by atoms with van der Waals surface area (Å²) in [4.78, 5) is 26.8. The van der Waals surface area contributed by atoms with E-state index in [-0.39, 0.29) is 24.8 Å². The summed E-state index contributed by atoms with van der Waals surface area (Å²) in [5, 5.41) is 5.44. The molecule has 1 unspecified atom stereocenters. The predicted molar refractivity (Wildman–Crippen MR) is 110 cm³/mol. The Bertz CT molecular complexity index is 932. The van der Waals surface area contributed by atoms with Crippen LogP contribution in [0.15, 0.2) is 36.4 Å². The van der Waals surface area contributed by atoms with E-state index in [1.807, 2.05) is 17.0 Å². The summed E-state index contributed by atoms with van der Waals surface area (Å²) in [6, 6.07) is 8.26. The number of nitrogens with one attached hydrogen (secondary N) is 2. The van der Waals surface area contributed by atoms with Crippen LogP contribution < -0.4 is 20.1 Å². The summed E-state index contributed by atoms with van der Waals surface area (Å²) in [6.07, 6.45) is -0.0589. The molecule has 1 aliphatic rings. The first kappa shape index (κ1) is 22.5. The number of amides is 2. The Labute approximate surface area is 179 Å². The Morgan fingerprint density at radius 2 is 1.81 bits per heavy atom. The largest absolute Gasteiger partial charge is 0.497 e. The number of carbonyl (C=O) groups is 2. The van der Waals surface area contributed by atoms with Crippen LogP contribution in [0.25, 0.3) is 0 Å². The first-order valence-corrected chi connectivity index (χ1v) is 9.84. The van der Waals surface area contributed by atoms with Crippen molar-refractivity contribution in [3.8, 4) is 11.5 Å². The average molecular weight is 433 g/mol. The number of halogens is 2. The van der Waals surface area contributed by atoms with Crippen LogP contribution in [0.3, 0.4) is 0 Å². The van der Waals surface area contributed by atoms with Crippen molar-refractivity contribution in [2.75, 3.05) is 27.3 Å². The standard InChI is InChI=1S/C22H25F2N3O4/c1-30-16-7-15(8-17(10-16)31-2)13-27-6-5-25-22(29)20(27)11-21(28)26-12-14-3-4-18(23)19(24)9-14/h3-4,7-10,20H,5-6,11-13H2,1-2H3,(H,25,29)(H,26,28). The molecule has 1 fully saturated rings. The highest BCUT2D eigenvalue weighted by atomic mass is 19.2. The van der Waals surface area contributed by atoms with Crippen molar-refractivity contribution >= 4 is 11.8 Å². The quantitative estimate of drug-likeness (QED) is 0.666. The van der Waals surface area contributed by atoms with Gasteiger partial charge in [-0.05, 0) is 35.4 Å². The monoisotopic (exact) mass is 433 g/mol. The first-order chi connectivity index (χ1) is 14.9. The zero-order chi connectivity index (χ0) is 22.4. The maximum atomic E-state index is 13.3. The van der Waals surface area contributed by atoms with Crippen LogP contribution in [-0.4, -0.2) is 50.1 Å². The normalized spacial score (nSPS) is 16.5. The average Bonchev–Trinajstić information content (AvgIpc) is 2.76. The molecule has 1 aliphatic heterocycles. The molecule has 0 saturated carbocycles. The molecule has 0 bridgehead atoms. The van der Waals surface area contributed by atoms with Crippen LogP contribution in [0, 0.1) is 11.6 Å². The van der Waals surface area contributed by atoms with Gasteiger partial charge in [-0.3, -0.25) is 14.5 Å². The lowest BCUT2D eigenvalue weighted by Crippen LogP contribution is -2.56. The van der Waals surface area contributed by atoms with Crippen molar-refractivity contribution in [2.24, 2.45) is 0 Å². The lowest BCUT2D eigenvalue weighted by atomic mass is 10.1. The zero-order valence-corrected chi connectivity index (χ0v) is 17.4. The molecule has 2 aromatic carbocycles. The van der Waals surface area contributed by atoms with Gasteiger partial charge in [0.05, 0.1) is 26.7 Å². The Morgan fingerprint density at radius 1 is 1.10 bits per heavy atom. The number of piperazine rings is 1. The second kappa shape index (κ2) is 10.2. The van der Waals surface area contributed by atoms with Crippen molar-refractivity contribution in [3.63, 3.8) is 0 Å². The Morgan fingerprint density at radius 3 is 2.45 bits per heavy atom. The number of nitrogens with zero attached hydrogens (tertiary/aromatic N) is 1. The third-order valence-electron chi connectivity index (χ3n) is 5.09. The predicted octanol–water partition coefficient (Wildman–Crippen LogP) is 1.99. The minimum atomic E-state index is -0.974. The molecule has 9 heteroatoms. The zero-order valence-electron chi connectivity index (χ0n) is 17.4. The molecule has 0 aromatic heterocycles. The third-order valence-corrected chi connectivity index (χ3v) is 5.09. The van der Waals surface area contributed by atoms with Gasteiger partial charge in [-0.25, -0.2) is 8.78 Å². The van der Waals surface area contributed by atoms with E-state index < -0.39 is 17.7 Å². The van der Waals surface area contributed by atoms with E-state index in [2.05, 4.69) is 10.6 Å². The molecule has 2 N–H and O–H groups in total. The van der Waals surface area contributed by atoms with E-state index >= 15 is 0 Å². The van der Waals surface area contributed by atoms with Crippen molar-refractivity contribution in [1.29, 1.82) is 0 Å². The van der Waals surface area contributed by atoms with Gasteiger partial charge in [0, 0.05) is 32.2 Å². The number of methoxy groups -OCH3 is 2. The number of hydrogen-bond acceptors (Lipinski definition) is 5. The van der Waals surface area contributed by atoms with Gasteiger partial charge in [0.15, 0.2) is 11.6 Å². The molecule has 1 heterocycles. The van der Waals surface area contributed by atoms with Crippen LogP contribution in [0.4, 0.5) is 8.78 Å². The third kappa shape index (κ3) is 5.91. The topological polar surface area (TPSA) is 79.9 Å². The van der Waals surface area contributed by atoms with Gasteiger partial charge in [-0.1, -0.05) is 6.07 Å².